The number of aliphatic imine (C=N–C) groups is 1. The maximum absolute atomic E-state index is 12.7. The van der Waals surface area contributed by atoms with Crippen LogP contribution in [0.1, 0.15) is 42.0 Å². The monoisotopic (exact) mass is 474 g/mol. The molecule has 0 unspecified atom stereocenters. The van der Waals surface area contributed by atoms with Gasteiger partial charge in [0.25, 0.3) is 5.91 Å². The summed E-state index contributed by atoms with van der Waals surface area (Å²) in [5.74, 6) is -0.804. The van der Waals surface area contributed by atoms with Crippen LogP contribution in [0.15, 0.2) is 21.5 Å². The lowest BCUT2D eigenvalue weighted by Gasteiger charge is -2.31. The lowest BCUT2D eigenvalue weighted by molar-refractivity contribution is -0.182. The van der Waals surface area contributed by atoms with E-state index in [0.717, 1.165) is 0 Å². The highest BCUT2D eigenvalue weighted by Gasteiger charge is 2.41. The fraction of sp³-hybridized carbons (Fsp3) is 0.600. The standard InChI is InChI=1S/C15H21F3N4O2.HI/c1-20-14(21-8-11-6-7-12(24-11)13(19)23)22-10-4-2-9(3-5-10)15(16,17)18;/h6-7,9-10H,2-5,8H2,1H3,(H2,19,23)(H2,20,21,22);1H. The first-order valence-corrected chi connectivity index (χ1v) is 7.72. The van der Waals surface area contributed by atoms with E-state index in [2.05, 4.69) is 15.6 Å². The number of halogens is 4. The van der Waals surface area contributed by atoms with E-state index in [-0.39, 0.29) is 55.2 Å². The number of alkyl halides is 3. The van der Waals surface area contributed by atoms with Gasteiger partial charge in [0.1, 0.15) is 5.76 Å². The summed E-state index contributed by atoms with van der Waals surface area (Å²) in [5.41, 5.74) is 5.11. The highest BCUT2D eigenvalue weighted by Crippen LogP contribution is 2.37. The van der Waals surface area contributed by atoms with E-state index in [1.54, 1.807) is 13.1 Å². The number of nitrogens with zero attached hydrogens (tertiary/aromatic N) is 1. The molecule has 1 aliphatic rings. The van der Waals surface area contributed by atoms with Gasteiger partial charge in [-0.15, -0.1) is 24.0 Å². The Morgan fingerprint density at radius 1 is 1.32 bits per heavy atom. The molecular formula is C15H22F3IN4O2. The van der Waals surface area contributed by atoms with Crippen molar-refractivity contribution in [2.45, 2.75) is 44.4 Å². The lowest BCUT2D eigenvalue weighted by atomic mass is 9.85. The topological polar surface area (TPSA) is 92.6 Å². The maximum atomic E-state index is 12.7. The molecule has 0 spiro atoms. The Bertz CT molecular complexity index is 596. The molecule has 2 rings (SSSR count). The minimum absolute atomic E-state index is 0. The molecule has 1 aromatic rings. The van der Waals surface area contributed by atoms with Gasteiger partial charge in [0.2, 0.25) is 0 Å². The lowest BCUT2D eigenvalue weighted by Crippen LogP contribution is -2.45. The molecule has 4 N–H and O–H groups in total. The van der Waals surface area contributed by atoms with Crippen molar-refractivity contribution in [2.24, 2.45) is 16.6 Å². The van der Waals surface area contributed by atoms with Crippen molar-refractivity contribution in [2.75, 3.05) is 7.05 Å². The second-order valence-corrected chi connectivity index (χ2v) is 5.79. The SMILES string of the molecule is CN=C(NCc1ccc(C(N)=O)o1)NC1CCC(C(F)(F)F)CC1.I. The summed E-state index contributed by atoms with van der Waals surface area (Å²) < 4.78 is 43.2. The van der Waals surface area contributed by atoms with E-state index in [1.165, 1.54) is 6.07 Å². The van der Waals surface area contributed by atoms with Crippen molar-refractivity contribution in [1.29, 1.82) is 0 Å². The molecule has 10 heteroatoms. The van der Waals surface area contributed by atoms with E-state index in [0.29, 0.717) is 24.6 Å². The number of primary amides is 1. The minimum Gasteiger partial charge on any atom is -0.454 e. The van der Waals surface area contributed by atoms with Gasteiger partial charge < -0.3 is 20.8 Å². The number of carbonyl (C=O) groups excluding carboxylic acids is 1. The Morgan fingerprint density at radius 2 is 1.96 bits per heavy atom. The first kappa shape index (κ1) is 21.6. The van der Waals surface area contributed by atoms with E-state index in [4.69, 9.17) is 10.2 Å². The van der Waals surface area contributed by atoms with Crippen LogP contribution in [0.5, 0.6) is 0 Å². The average molecular weight is 474 g/mol. The van der Waals surface area contributed by atoms with Gasteiger partial charge in [-0.3, -0.25) is 9.79 Å². The number of furan rings is 1. The number of hydrogen-bond acceptors (Lipinski definition) is 3. The summed E-state index contributed by atoms with van der Waals surface area (Å²) in [7, 11) is 1.58. The number of nitrogens with two attached hydrogens (primary N) is 1. The smallest absolute Gasteiger partial charge is 0.391 e. The maximum Gasteiger partial charge on any atom is 0.391 e. The first-order valence-electron chi connectivity index (χ1n) is 7.72. The molecule has 142 valence electrons. The predicted molar refractivity (Wildman–Crippen MR) is 97.8 cm³/mol. The highest BCUT2D eigenvalue weighted by atomic mass is 127. The van der Waals surface area contributed by atoms with Crippen molar-refractivity contribution in [3.63, 3.8) is 0 Å². The highest BCUT2D eigenvalue weighted by molar-refractivity contribution is 14.0. The van der Waals surface area contributed by atoms with Gasteiger partial charge in [0.05, 0.1) is 12.5 Å². The Kier molecular flexibility index (Phi) is 8.03. The number of nitrogens with one attached hydrogen (secondary N) is 2. The van der Waals surface area contributed by atoms with Gasteiger partial charge in [-0.25, -0.2) is 0 Å². The summed E-state index contributed by atoms with van der Waals surface area (Å²) in [5, 5.41) is 6.11. The third-order valence-corrected chi connectivity index (χ3v) is 4.09. The quantitative estimate of drug-likeness (QED) is 0.356. The van der Waals surface area contributed by atoms with Crippen molar-refractivity contribution in [3.8, 4) is 0 Å². The Hall–Kier alpha value is -1.46. The third kappa shape index (κ3) is 6.40. The van der Waals surface area contributed by atoms with Crippen LogP contribution < -0.4 is 16.4 Å². The molecule has 1 heterocycles. The second-order valence-electron chi connectivity index (χ2n) is 5.79. The summed E-state index contributed by atoms with van der Waals surface area (Å²) >= 11 is 0. The van der Waals surface area contributed by atoms with Crippen LogP contribution in [-0.2, 0) is 6.54 Å². The van der Waals surface area contributed by atoms with Crippen molar-refractivity contribution < 1.29 is 22.4 Å². The fourth-order valence-electron chi connectivity index (χ4n) is 2.73. The Balaban J connectivity index is 0.00000312. The molecule has 0 aromatic carbocycles. The van der Waals surface area contributed by atoms with Crippen LogP contribution in [0, 0.1) is 5.92 Å². The van der Waals surface area contributed by atoms with Gasteiger partial charge in [0.15, 0.2) is 11.7 Å². The average Bonchev–Trinajstić information content (AvgIpc) is 3.00. The van der Waals surface area contributed by atoms with E-state index in [9.17, 15) is 18.0 Å². The normalized spacial score (nSPS) is 21.4. The molecule has 0 bridgehead atoms. The van der Waals surface area contributed by atoms with Crippen LogP contribution in [0.3, 0.4) is 0 Å². The van der Waals surface area contributed by atoms with Gasteiger partial charge in [0, 0.05) is 13.1 Å². The molecule has 1 saturated carbocycles. The first-order chi connectivity index (χ1) is 11.3. The van der Waals surface area contributed by atoms with Crippen LogP contribution >= 0.6 is 24.0 Å². The van der Waals surface area contributed by atoms with Crippen molar-refractivity contribution in [3.05, 3.63) is 23.7 Å². The van der Waals surface area contributed by atoms with Crippen molar-refractivity contribution in [1.82, 2.24) is 10.6 Å². The fourth-order valence-corrected chi connectivity index (χ4v) is 2.73. The molecule has 1 aliphatic carbocycles. The summed E-state index contributed by atoms with van der Waals surface area (Å²) in [6.07, 6.45) is -2.98. The van der Waals surface area contributed by atoms with Gasteiger partial charge >= 0.3 is 6.18 Å². The predicted octanol–water partition coefficient (Wildman–Crippen LogP) is 2.78. The minimum atomic E-state index is -4.11. The molecule has 1 aromatic heterocycles. The molecule has 0 aliphatic heterocycles. The number of carbonyl (C=O) groups is 1. The van der Waals surface area contributed by atoms with Crippen LogP contribution in [0.4, 0.5) is 13.2 Å². The summed E-state index contributed by atoms with van der Waals surface area (Å²) in [6.45, 7) is 0.283. The van der Waals surface area contributed by atoms with E-state index < -0.39 is 18.0 Å². The zero-order valence-corrected chi connectivity index (χ0v) is 16.1. The Morgan fingerprint density at radius 3 is 2.44 bits per heavy atom. The van der Waals surface area contributed by atoms with Crippen LogP contribution in [0.25, 0.3) is 0 Å². The molecular weight excluding hydrogens is 452 g/mol. The third-order valence-electron chi connectivity index (χ3n) is 4.09. The number of hydrogen-bond donors (Lipinski definition) is 3. The zero-order valence-electron chi connectivity index (χ0n) is 13.7. The van der Waals surface area contributed by atoms with E-state index in [1.807, 2.05) is 0 Å². The summed E-state index contributed by atoms with van der Waals surface area (Å²) in [6, 6.07) is 3.05. The molecule has 0 radical (unpaired) electrons. The zero-order chi connectivity index (χ0) is 17.7. The molecule has 1 amide bonds. The number of guanidine groups is 1. The molecule has 0 saturated heterocycles. The largest absolute Gasteiger partial charge is 0.454 e. The molecule has 6 nitrogen and oxygen atoms in total. The van der Waals surface area contributed by atoms with Crippen molar-refractivity contribution >= 4 is 35.8 Å². The molecule has 0 atom stereocenters. The molecule has 25 heavy (non-hydrogen) atoms. The van der Waals surface area contributed by atoms with Crippen LogP contribution in [0.2, 0.25) is 0 Å². The van der Waals surface area contributed by atoms with Gasteiger partial charge in [-0.1, -0.05) is 0 Å². The van der Waals surface area contributed by atoms with E-state index >= 15 is 0 Å². The number of rotatable bonds is 4. The van der Waals surface area contributed by atoms with Gasteiger partial charge in [-0.2, -0.15) is 13.2 Å². The summed E-state index contributed by atoms with van der Waals surface area (Å²) in [4.78, 5) is 15.0. The van der Waals surface area contributed by atoms with Crippen LogP contribution in [-0.4, -0.2) is 31.1 Å². The second kappa shape index (κ2) is 9.30. The molecule has 1 fully saturated rings. The Labute approximate surface area is 160 Å². The van der Waals surface area contributed by atoms with Gasteiger partial charge in [-0.05, 0) is 37.8 Å². The number of amides is 1.